The molecule has 0 bridgehead atoms. The third kappa shape index (κ3) is 5.84. The maximum atomic E-state index is 12.9. The van der Waals surface area contributed by atoms with Crippen LogP contribution in [0.4, 0.5) is 0 Å². The van der Waals surface area contributed by atoms with Gasteiger partial charge in [0.15, 0.2) is 0 Å². The van der Waals surface area contributed by atoms with E-state index < -0.39 is 10.0 Å². The monoisotopic (exact) mass is 445 g/mol. The fourth-order valence-electron chi connectivity index (χ4n) is 3.60. The summed E-state index contributed by atoms with van der Waals surface area (Å²) in [7, 11) is -2.34. The van der Waals surface area contributed by atoms with Crippen LogP contribution in [-0.2, 0) is 10.0 Å². The Labute approximate surface area is 184 Å². The second-order valence-electron chi connectivity index (χ2n) is 7.62. The lowest BCUT2D eigenvalue weighted by atomic mass is 10.0. The van der Waals surface area contributed by atoms with Crippen LogP contribution in [0.1, 0.15) is 48.7 Å². The summed E-state index contributed by atoms with van der Waals surface area (Å²) in [5.41, 5.74) is 1.40. The number of nitrogens with zero attached hydrogens (tertiary/aromatic N) is 1. The maximum absolute atomic E-state index is 12.9. The van der Waals surface area contributed by atoms with Crippen molar-refractivity contribution in [1.82, 2.24) is 14.9 Å². The molecule has 3 rings (SSSR count). The number of carbonyl (C=O) groups is 1. The SMILES string of the molecule is CCN(CC)C(CNC(=O)c1ccc(OC)c(S(=O)(=O)NC2CC2)c1)c1ccccc1. The number of rotatable bonds is 11. The van der Waals surface area contributed by atoms with Crippen molar-refractivity contribution in [2.45, 2.75) is 43.7 Å². The highest BCUT2D eigenvalue weighted by atomic mass is 32.2. The van der Waals surface area contributed by atoms with Gasteiger partial charge in [-0.2, -0.15) is 0 Å². The molecule has 0 spiro atoms. The zero-order valence-electron chi connectivity index (χ0n) is 18.3. The van der Waals surface area contributed by atoms with E-state index >= 15 is 0 Å². The van der Waals surface area contributed by atoms with Gasteiger partial charge in [0.05, 0.1) is 13.2 Å². The fourth-order valence-corrected chi connectivity index (χ4v) is 5.10. The quantitative estimate of drug-likeness (QED) is 0.555. The van der Waals surface area contributed by atoms with E-state index in [-0.39, 0.29) is 34.2 Å². The van der Waals surface area contributed by atoms with Crippen molar-refractivity contribution < 1.29 is 17.9 Å². The number of ether oxygens (including phenoxy) is 1. The van der Waals surface area contributed by atoms with Gasteiger partial charge >= 0.3 is 0 Å². The maximum Gasteiger partial charge on any atom is 0.251 e. The molecular weight excluding hydrogens is 414 g/mol. The number of methoxy groups -OCH3 is 1. The molecule has 1 fully saturated rings. The first-order valence-corrected chi connectivity index (χ1v) is 12.2. The molecule has 168 valence electrons. The van der Waals surface area contributed by atoms with Crippen molar-refractivity contribution in [3.63, 3.8) is 0 Å². The lowest BCUT2D eigenvalue weighted by Gasteiger charge is -2.30. The first kappa shape index (κ1) is 23.2. The van der Waals surface area contributed by atoms with Crippen molar-refractivity contribution >= 4 is 15.9 Å². The molecular formula is C23H31N3O4S. The lowest BCUT2D eigenvalue weighted by molar-refractivity contribution is 0.0934. The van der Waals surface area contributed by atoms with Gasteiger partial charge in [0.25, 0.3) is 5.91 Å². The standard InChI is InChI=1S/C23H31N3O4S/c1-4-26(5-2)20(17-9-7-6-8-10-17)16-24-23(27)18-11-14-21(30-3)22(15-18)31(28,29)25-19-12-13-19/h6-11,14-15,19-20,25H,4-5,12-13,16H2,1-3H3,(H,24,27). The summed E-state index contributed by atoms with van der Waals surface area (Å²) in [4.78, 5) is 15.2. The van der Waals surface area contributed by atoms with Crippen LogP contribution in [-0.4, -0.2) is 52.0 Å². The molecule has 1 aliphatic rings. The Morgan fingerprint density at radius 3 is 2.39 bits per heavy atom. The third-order valence-electron chi connectivity index (χ3n) is 5.51. The molecule has 2 N–H and O–H groups in total. The second-order valence-corrected chi connectivity index (χ2v) is 9.30. The predicted octanol–water partition coefficient (Wildman–Crippen LogP) is 2.95. The molecule has 0 radical (unpaired) electrons. The zero-order chi connectivity index (χ0) is 22.4. The van der Waals surface area contributed by atoms with E-state index in [4.69, 9.17) is 4.74 Å². The third-order valence-corrected chi connectivity index (χ3v) is 7.05. The molecule has 31 heavy (non-hydrogen) atoms. The first-order valence-electron chi connectivity index (χ1n) is 10.7. The molecule has 7 nitrogen and oxygen atoms in total. The average Bonchev–Trinajstić information content (AvgIpc) is 3.59. The number of benzene rings is 2. The minimum Gasteiger partial charge on any atom is -0.495 e. The number of carbonyl (C=O) groups excluding carboxylic acids is 1. The normalized spacial score (nSPS) is 15.0. The largest absolute Gasteiger partial charge is 0.495 e. The fraction of sp³-hybridized carbons (Fsp3) is 0.435. The Morgan fingerprint density at radius 2 is 1.81 bits per heavy atom. The van der Waals surface area contributed by atoms with Crippen LogP contribution in [0.3, 0.4) is 0 Å². The Kier molecular flexibility index (Phi) is 7.69. The summed E-state index contributed by atoms with van der Waals surface area (Å²) < 4.78 is 33.3. The molecule has 2 aromatic carbocycles. The van der Waals surface area contributed by atoms with E-state index in [0.29, 0.717) is 6.54 Å². The van der Waals surface area contributed by atoms with E-state index in [0.717, 1.165) is 31.5 Å². The number of amides is 1. The summed E-state index contributed by atoms with van der Waals surface area (Å²) >= 11 is 0. The molecule has 0 aromatic heterocycles. The number of nitrogens with one attached hydrogen (secondary N) is 2. The van der Waals surface area contributed by atoms with Gasteiger partial charge in [0.2, 0.25) is 10.0 Å². The van der Waals surface area contributed by atoms with Crippen LogP contribution >= 0.6 is 0 Å². The Morgan fingerprint density at radius 1 is 1.13 bits per heavy atom. The average molecular weight is 446 g/mol. The molecule has 0 aliphatic heterocycles. The molecule has 1 amide bonds. The molecule has 0 heterocycles. The first-order chi connectivity index (χ1) is 14.9. The van der Waals surface area contributed by atoms with Crippen LogP contribution in [0.15, 0.2) is 53.4 Å². The summed E-state index contributed by atoms with van der Waals surface area (Å²) in [6.45, 7) is 6.30. The minimum atomic E-state index is -3.75. The summed E-state index contributed by atoms with van der Waals surface area (Å²) in [6, 6.07) is 14.5. The Hall–Kier alpha value is -2.42. The van der Waals surface area contributed by atoms with Gasteiger partial charge in [-0.25, -0.2) is 13.1 Å². The number of sulfonamides is 1. The van der Waals surface area contributed by atoms with E-state index in [1.165, 1.54) is 19.2 Å². The Balaban J connectivity index is 1.79. The summed E-state index contributed by atoms with van der Waals surface area (Å²) in [5, 5.41) is 2.98. The highest BCUT2D eigenvalue weighted by Crippen LogP contribution is 2.28. The van der Waals surface area contributed by atoms with Gasteiger partial charge in [-0.15, -0.1) is 0 Å². The van der Waals surface area contributed by atoms with Gasteiger partial charge < -0.3 is 10.1 Å². The van der Waals surface area contributed by atoms with Gasteiger partial charge in [-0.1, -0.05) is 44.2 Å². The van der Waals surface area contributed by atoms with Crippen molar-refractivity contribution in [2.75, 3.05) is 26.7 Å². The lowest BCUT2D eigenvalue weighted by Crippen LogP contribution is -2.38. The van der Waals surface area contributed by atoms with Gasteiger partial charge in [-0.05, 0) is 49.7 Å². The van der Waals surface area contributed by atoms with E-state index in [2.05, 4.69) is 40.9 Å². The van der Waals surface area contributed by atoms with Crippen LogP contribution in [0, 0.1) is 0 Å². The van der Waals surface area contributed by atoms with E-state index in [1.54, 1.807) is 6.07 Å². The molecule has 1 atom stereocenters. The highest BCUT2D eigenvalue weighted by molar-refractivity contribution is 7.89. The number of hydrogen-bond donors (Lipinski definition) is 2. The molecule has 8 heteroatoms. The van der Waals surface area contributed by atoms with Crippen LogP contribution < -0.4 is 14.8 Å². The zero-order valence-corrected chi connectivity index (χ0v) is 19.1. The van der Waals surface area contributed by atoms with Crippen LogP contribution in [0.5, 0.6) is 5.75 Å². The second kappa shape index (κ2) is 10.3. The molecule has 1 aliphatic carbocycles. The van der Waals surface area contributed by atoms with Crippen molar-refractivity contribution in [3.8, 4) is 5.75 Å². The predicted molar refractivity (Wildman–Crippen MR) is 121 cm³/mol. The molecule has 0 saturated heterocycles. The molecule has 1 saturated carbocycles. The smallest absolute Gasteiger partial charge is 0.251 e. The van der Waals surface area contributed by atoms with E-state index in [1.807, 2.05) is 18.2 Å². The Bertz CT molecular complexity index is 987. The molecule has 2 aromatic rings. The van der Waals surface area contributed by atoms with Crippen LogP contribution in [0.2, 0.25) is 0 Å². The number of hydrogen-bond acceptors (Lipinski definition) is 5. The van der Waals surface area contributed by atoms with Gasteiger partial charge in [-0.3, -0.25) is 9.69 Å². The van der Waals surface area contributed by atoms with E-state index in [9.17, 15) is 13.2 Å². The summed E-state index contributed by atoms with van der Waals surface area (Å²) in [5.74, 6) is -0.103. The minimum absolute atomic E-state index is 0.0158. The van der Waals surface area contributed by atoms with Crippen LogP contribution in [0.25, 0.3) is 0 Å². The van der Waals surface area contributed by atoms with Gasteiger partial charge in [0.1, 0.15) is 10.6 Å². The van der Waals surface area contributed by atoms with Gasteiger partial charge in [0, 0.05) is 18.2 Å². The highest BCUT2D eigenvalue weighted by Gasteiger charge is 2.30. The summed E-state index contributed by atoms with van der Waals surface area (Å²) in [6.07, 6.45) is 1.65. The molecule has 1 unspecified atom stereocenters. The van der Waals surface area contributed by atoms with Crippen molar-refractivity contribution in [3.05, 3.63) is 59.7 Å². The van der Waals surface area contributed by atoms with Crippen molar-refractivity contribution in [2.24, 2.45) is 0 Å². The topological polar surface area (TPSA) is 87.7 Å². The number of likely N-dealkylation sites (N-methyl/N-ethyl adjacent to an activating group) is 1. The van der Waals surface area contributed by atoms with Crippen molar-refractivity contribution in [1.29, 1.82) is 0 Å².